The van der Waals surface area contributed by atoms with E-state index in [1.54, 1.807) is 24.5 Å². The number of aliphatic carboxylic acids is 1. The number of nitrogens with one attached hydrogen (secondary N) is 1. The monoisotopic (exact) mass is 560 g/mol. The molecule has 2 aromatic carbocycles. The molecule has 1 aliphatic rings. The number of carboxylic acids is 1. The van der Waals surface area contributed by atoms with E-state index in [0.29, 0.717) is 12.1 Å². The summed E-state index contributed by atoms with van der Waals surface area (Å²) in [7, 11) is 0. The molecule has 0 unspecified atom stereocenters. The lowest BCUT2D eigenvalue weighted by Gasteiger charge is -2.37. The Bertz CT molecular complexity index is 1340. The van der Waals surface area contributed by atoms with E-state index in [0.717, 1.165) is 6.07 Å². The van der Waals surface area contributed by atoms with Crippen LogP contribution in [0.4, 0.5) is 14.5 Å². The van der Waals surface area contributed by atoms with Crippen LogP contribution in [0.5, 0.6) is 0 Å². The van der Waals surface area contributed by atoms with Gasteiger partial charge in [0.2, 0.25) is 0 Å². The van der Waals surface area contributed by atoms with E-state index in [-0.39, 0.29) is 26.6 Å². The Hall–Kier alpha value is -3.25. The summed E-state index contributed by atoms with van der Waals surface area (Å²) in [6.07, 6.45) is 3.64. The largest absolute Gasteiger partial charge is 0.480 e. The van der Waals surface area contributed by atoms with Gasteiger partial charge < -0.3 is 10.8 Å². The van der Waals surface area contributed by atoms with Crippen LogP contribution >= 0.6 is 23.2 Å². The number of halogens is 4. The predicted molar refractivity (Wildman–Crippen MR) is 144 cm³/mol. The van der Waals surface area contributed by atoms with E-state index < -0.39 is 41.0 Å². The van der Waals surface area contributed by atoms with Crippen molar-refractivity contribution in [2.24, 2.45) is 5.41 Å². The summed E-state index contributed by atoms with van der Waals surface area (Å²) in [5.74, 6) is -4.09. The second-order valence-corrected chi connectivity index (χ2v) is 11.2. The van der Waals surface area contributed by atoms with Gasteiger partial charge in [0.25, 0.3) is 0 Å². The van der Waals surface area contributed by atoms with Crippen molar-refractivity contribution >= 4 is 34.9 Å². The van der Waals surface area contributed by atoms with Gasteiger partial charge >= 0.3 is 5.97 Å². The molecule has 0 aliphatic carbocycles. The van der Waals surface area contributed by atoms with Crippen LogP contribution in [0.25, 0.3) is 0 Å². The topological polar surface area (TPSA) is 112 Å². The summed E-state index contributed by atoms with van der Waals surface area (Å²) in [5.41, 5.74) is 3.85. The molecule has 38 heavy (non-hydrogen) atoms. The number of hydrogen-bond donors (Lipinski definition) is 3. The van der Waals surface area contributed by atoms with Gasteiger partial charge in [0.1, 0.15) is 23.1 Å². The fourth-order valence-electron chi connectivity index (χ4n) is 4.92. The number of anilines is 1. The van der Waals surface area contributed by atoms with Gasteiger partial charge in [0.05, 0.1) is 16.8 Å². The molecule has 1 fully saturated rings. The number of benzene rings is 2. The second kappa shape index (κ2) is 11.6. The van der Waals surface area contributed by atoms with Crippen LogP contribution in [-0.4, -0.2) is 28.1 Å². The first-order valence-electron chi connectivity index (χ1n) is 11.8. The third-order valence-corrected chi connectivity index (χ3v) is 6.93. The Morgan fingerprint density at radius 3 is 2.42 bits per heavy atom. The van der Waals surface area contributed by atoms with Gasteiger partial charge in [-0.3, -0.25) is 15.1 Å². The number of nitrogens with zero attached hydrogens (tertiary/aromatic N) is 2. The average Bonchev–Trinajstić information content (AvgIpc) is 3.15. The summed E-state index contributed by atoms with van der Waals surface area (Å²) >= 11 is 11.9. The highest BCUT2D eigenvalue weighted by atomic mass is 35.5. The standard InChI is InChI=1S/C23H22Cl2F2N2O2.C5H6N2/c1-22(2,3)10-17-23(11-28,14-8-7-12(24)9-16(14)26)18(20(29-17)21(30)31)13-5-4-6-15(25)19(13)27;6-5-2-1-3-7-4-5/h4-9,17-18,20,29H,10H2,1-3H3,(H,30,31);1-4H,6H2/t17-,18-,20+,23-;/m0./s1. The van der Waals surface area contributed by atoms with E-state index in [2.05, 4.69) is 16.4 Å². The molecule has 4 rings (SSSR count). The van der Waals surface area contributed by atoms with E-state index in [1.807, 2.05) is 20.8 Å². The lowest BCUT2D eigenvalue weighted by Crippen LogP contribution is -2.44. The summed E-state index contributed by atoms with van der Waals surface area (Å²) in [6.45, 7) is 5.79. The van der Waals surface area contributed by atoms with Crippen molar-refractivity contribution in [2.45, 2.75) is 50.6 Å². The predicted octanol–water partition coefficient (Wildman–Crippen LogP) is 6.34. The molecule has 6 nitrogen and oxygen atoms in total. The van der Waals surface area contributed by atoms with E-state index in [1.165, 1.54) is 30.3 Å². The minimum absolute atomic E-state index is 0.0331. The van der Waals surface area contributed by atoms with E-state index >= 15 is 8.78 Å². The molecule has 0 bridgehead atoms. The molecular weight excluding hydrogens is 533 g/mol. The first-order chi connectivity index (χ1) is 17.8. The van der Waals surface area contributed by atoms with Gasteiger partial charge in [-0.1, -0.05) is 62.2 Å². The minimum atomic E-state index is -1.73. The lowest BCUT2D eigenvalue weighted by molar-refractivity contribution is -0.139. The molecule has 0 spiro atoms. The van der Waals surface area contributed by atoms with Crippen molar-refractivity contribution < 1.29 is 18.7 Å². The van der Waals surface area contributed by atoms with Crippen molar-refractivity contribution in [2.75, 3.05) is 5.73 Å². The highest BCUT2D eigenvalue weighted by Gasteiger charge is 2.61. The van der Waals surface area contributed by atoms with Crippen LogP contribution in [0, 0.1) is 28.4 Å². The Morgan fingerprint density at radius 2 is 1.92 bits per heavy atom. The van der Waals surface area contributed by atoms with Crippen LogP contribution in [0.1, 0.15) is 44.2 Å². The smallest absolute Gasteiger partial charge is 0.321 e. The van der Waals surface area contributed by atoms with Gasteiger partial charge in [0, 0.05) is 34.9 Å². The molecule has 0 saturated carbocycles. The maximum Gasteiger partial charge on any atom is 0.321 e. The molecule has 200 valence electrons. The van der Waals surface area contributed by atoms with Gasteiger partial charge in [-0.25, -0.2) is 8.78 Å². The number of nitrogen functional groups attached to an aromatic ring is 1. The van der Waals surface area contributed by atoms with Crippen molar-refractivity contribution in [3.05, 3.63) is 93.7 Å². The van der Waals surface area contributed by atoms with Crippen molar-refractivity contribution in [1.82, 2.24) is 10.3 Å². The molecule has 1 saturated heterocycles. The van der Waals surface area contributed by atoms with Crippen LogP contribution in [0.2, 0.25) is 10.0 Å². The Balaban J connectivity index is 0.000000494. The zero-order valence-corrected chi connectivity index (χ0v) is 22.6. The minimum Gasteiger partial charge on any atom is -0.480 e. The Morgan fingerprint density at radius 1 is 1.21 bits per heavy atom. The SMILES string of the molecule is CC(C)(C)C[C@@H]1N[C@@H](C(=O)O)[C@H](c2cccc(Cl)c2F)[C@@]1(C#N)c1ccc(Cl)cc1F.Nc1cccnc1. The van der Waals surface area contributed by atoms with E-state index in [9.17, 15) is 15.2 Å². The molecule has 10 heteroatoms. The molecule has 4 atom stereocenters. The number of aromatic nitrogens is 1. The molecule has 4 N–H and O–H groups in total. The fraction of sp³-hybridized carbons (Fsp3) is 0.321. The number of nitriles is 1. The quantitative estimate of drug-likeness (QED) is 0.343. The molecular formula is C28H28Cl2F2N4O2. The molecule has 0 radical (unpaired) electrons. The van der Waals surface area contributed by atoms with Crippen molar-refractivity contribution in [3.63, 3.8) is 0 Å². The number of carboxylic acid groups (broad SMARTS) is 1. The summed E-state index contributed by atoms with van der Waals surface area (Å²) in [4.78, 5) is 16.0. The average molecular weight is 561 g/mol. The van der Waals surface area contributed by atoms with Crippen LogP contribution in [0.15, 0.2) is 60.9 Å². The van der Waals surface area contributed by atoms with Gasteiger partial charge in [-0.15, -0.1) is 0 Å². The summed E-state index contributed by atoms with van der Waals surface area (Å²) in [5, 5.41) is 23.4. The third-order valence-electron chi connectivity index (χ3n) is 6.40. The maximum absolute atomic E-state index is 15.2. The molecule has 1 aliphatic heterocycles. The maximum atomic E-state index is 15.2. The zero-order chi connectivity index (χ0) is 28.3. The number of rotatable bonds is 4. The van der Waals surface area contributed by atoms with Crippen LogP contribution in [-0.2, 0) is 10.2 Å². The molecule has 1 aromatic heterocycles. The Kier molecular flexibility index (Phi) is 8.98. The van der Waals surface area contributed by atoms with Crippen molar-refractivity contribution in [1.29, 1.82) is 5.26 Å². The first-order valence-corrected chi connectivity index (χ1v) is 12.5. The highest BCUT2D eigenvalue weighted by Crippen LogP contribution is 2.52. The summed E-state index contributed by atoms with van der Waals surface area (Å²) < 4.78 is 30.3. The molecule has 3 aromatic rings. The molecule has 0 amide bonds. The number of hydrogen-bond acceptors (Lipinski definition) is 5. The number of carbonyl (C=O) groups is 1. The van der Waals surface area contributed by atoms with Crippen molar-refractivity contribution in [3.8, 4) is 6.07 Å². The number of pyridine rings is 1. The normalized spacial score (nSPS) is 22.7. The lowest BCUT2D eigenvalue weighted by atomic mass is 9.62. The van der Waals surface area contributed by atoms with Gasteiger partial charge in [-0.2, -0.15) is 5.26 Å². The van der Waals surface area contributed by atoms with Gasteiger partial charge in [-0.05, 0) is 47.7 Å². The number of nitrogens with two attached hydrogens (primary N) is 1. The fourth-order valence-corrected chi connectivity index (χ4v) is 5.26. The Labute approximate surface area is 230 Å². The van der Waals surface area contributed by atoms with Gasteiger partial charge in [0.15, 0.2) is 0 Å². The van der Waals surface area contributed by atoms with Crippen LogP contribution in [0.3, 0.4) is 0 Å². The zero-order valence-electron chi connectivity index (χ0n) is 21.1. The van der Waals surface area contributed by atoms with E-state index in [4.69, 9.17) is 28.9 Å². The first kappa shape index (κ1) is 29.3. The molecule has 2 heterocycles. The highest BCUT2D eigenvalue weighted by molar-refractivity contribution is 6.31. The third kappa shape index (κ3) is 6.07. The summed E-state index contributed by atoms with van der Waals surface area (Å²) in [6, 6.07) is 11.8. The van der Waals surface area contributed by atoms with Crippen LogP contribution < -0.4 is 11.1 Å². The second-order valence-electron chi connectivity index (χ2n) is 10.3.